The summed E-state index contributed by atoms with van der Waals surface area (Å²) in [5, 5.41) is 7.41. The highest BCUT2D eigenvalue weighted by atomic mass is 16.5. The molecule has 6 rings (SSSR count). The second-order valence-corrected chi connectivity index (χ2v) is 8.94. The number of urea groups is 1. The standard InChI is InChI=1S/C22H28N2O3/c1-26-20(19-9-17-4-2-3-5-18(17)27-19)13-23-21(25)24-22-10-14-6-15(11-22)8-16(7-14)12-22/h2-5,9,14-16,20H,6-8,10-13H2,1H3,(H2,23,24,25)/t14?,15?,16?,20-,22?/m0/s1. The quantitative estimate of drug-likeness (QED) is 0.823. The van der Waals surface area contributed by atoms with Gasteiger partial charge in [0.25, 0.3) is 0 Å². The van der Waals surface area contributed by atoms with E-state index in [2.05, 4.69) is 10.6 Å². The van der Waals surface area contributed by atoms with Crippen molar-refractivity contribution >= 4 is 17.0 Å². The third kappa shape index (κ3) is 3.22. The number of furan rings is 1. The van der Waals surface area contributed by atoms with E-state index in [9.17, 15) is 4.79 Å². The minimum atomic E-state index is -0.292. The zero-order valence-corrected chi connectivity index (χ0v) is 15.9. The van der Waals surface area contributed by atoms with Crippen LogP contribution in [-0.4, -0.2) is 25.2 Å². The summed E-state index contributed by atoms with van der Waals surface area (Å²) < 4.78 is 11.5. The molecule has 0 spiro atoms. The lowest BCUT2D eigenvalue weighted by molar-refractivity contribution is -0.0138. The van der Waals surface area contributed by atoms with Gasteiger partial charge in [0, 0.05) is 18.0 Å². The van der Waals surface area contributed by atoms with Gasteiger partial charge in [-0.2, -0.15) is 0 Å². The lowest BCUT2D eigenvalue weighted by atomic mass is 9.53. The maximum absolute atomic E-state index is 12.6. The molecule has 27 heavy (non-hydrogen) atoms. The van der Waals surface area contributed by atoms with Gasteiger partial charge in [-0.1, -0.05) is 18.2 Å². The van der Waals surface area contributed by atoms with E-state index in [0.717, 1.165) is 53.7 Å². The summed E-state index contributed by atoms with van der Waals surface area (Å²) >= 11 is 0. The number of nitrogens with one attached hydrogen (secondary N) is 2. The molecule has 4 aliphatic carbocycles. The van der Waals surface area contributed by atoms with Crippen LogP contribution in [0.5, 0.6) is 0 Å². The highest BCUT2D eigenvalue weighted by Crippen LogP contribution is 2.55. The topological polar surface area (TPSA) is 63.5 Å². The van der Waals surface area contributed by atoms with Crippen molar-refractivity contribution < 1.29 is 13.9 Å². The first-order valence-corrected chi connectivity index (χ1v) is 10.2. The van der Waals surface area contributed by atoms with Crippen LogP contribution in [-0.2, 0) is 4.74 Å². The van der Waals surface area contributed by atoms with Crippen molar-refractivity contribution in [2.45, 2.75) is 50.2 Å². The van der Waals surface area contributed by atoms with Crippen LogP contribution in [0.1, 0.15) is 50.4 Å². The van der Waals surface area contributed by atoms with Crippen LogP contribution in [0.15, 0.2) is 34.7 Å². The number of amides is 2. The molecule has 1 aromatic carbocycles. The Balaban J connectivity index is 1.22. The summed E-state index contributed by atoms with van der Waals surface area (Å²) in [7, 11) is 1.65. The van der Waals surface area contributed by atoms with E-state index < -0.39 is 0 Å². The molecule has 0 saturated heterocycles. The van der Waals surface area contributed by atoms with Crippen molar-refractivity contribution in [2.24, 2.45) is 17.8 Å². The second kappa shape index (κ2) is 6.55. The van der Waals surface area contributed by atoms with Gasteiger partial charge in [-0.15, -0.1) is 0 Å². The van der Waals surface area contributed by atoms with Crippen LogP contribution in [0, 0.1) is 17.8 Å². The first-order valence-electron chi connectivity index (χ1n) is 10.2. The molecule has 4 fully saturated rings. The number of para-hydroxylation sites is 1. The molecular weight excluding hydrogens is 340 g/mol. The molecule has 1 heterocycles. The van der Waals surface area contributed by atoms with Gasteiger partial charge in [0.15, 0.2) is 0 Å². The number of benzene rings is 1. The Morgan fingerprint density at radius 3 is 2.48 bits per heavy atom. The zero-order valence-electron chi connectivity index (χ0n) is 15.9. The molecule has 2 amide bonds. The molecule has 4 bridgehead atoms. The van der Waals surface area contributed by atoms with Gasteiger partial charge in [0.2, 0.25) is 0 Å². The number of hydrogen-bond donors (Lipinski definition) is 2. The minimum Gasteiger partial charge on any atom is -0.458 e. The molecule has 0 radical (unpaired) electrons. The van der Waals surface area contributed by atoms with Crippen LogP contribution in [0.3, 0.4) is 0 Å². The Morgan fingerprint density at radius 2 is 1.85 bits per heavy atom. The van der Waals surface area contributed by atoms with Crippen molar-refractivity contribution in [1.82, 2.24) is 10.6 Å². The Morgan fingerprint density at radius 1 is 1.19 bits per heavy atom. The largest absolute Gasteiger partial charge is 0.458 e. The van der Waals surface area contributed by atoms with Gasteiger partial charge >= 0.3 is 6.03 Å². The maximum Gasteiger partial charge on any atom is 0.315 e. The molecule has 5 heteroatoms. The van der Waals surface area contributed by atoms with E-state index in [0.29, 0.717) is 6.54 Å². The van der Waals surface area contributed by atoms with Gasteiger partial charge in [0.05, 0.1) is 6.54 Å². The number of carbonyl (C=O) groups excluding carboxylic acids is 1. The predicted molar refractivity (Wildman–Crippen MR) is 103 cm³/mol. The van der Waals surface area contributed by atoms with Crippen molar-refractivity contribution in [3.05, 3.63) is 36.1 Å². The molecule has 4 saturated carbocycles. The van der Waals surface area contributed by atoms with Gasteiger partial charge in [-0.05, 0) is 68.4 Å². The number of fused-ring (bicyclic) bond motifs is 1. The Labute approximate surface area is 159 Å². The monoisotopic (exact) mass is 368 g/mol. The molecule has 0 aliphatic heterocycles. The lowest BCUT2D eigenvalue weighted by Gasteiger charge is -2.56. The van der Waals surface area contributed by atoms with Crippen LogP contribution in [0.4, 0.5) is 4.79 Å². The first-order chi connectivity index (χ1) is 13.1. The van der Waals surface area contributed by atoms with Gasteiger partial charge < -0.3 is 19.8 Å². The van der Waals surface area contributed by atoms with E-state index in [1.165, 1.54) is 19.3 Å². The summed E-state index contributed by atoms with van der Waals surface area (Å²) in [5.41, 5.74) is 0.869. The fourth-order valence-electron chi connectivity index (χ4n) is 6.20. The second-order valence-electron chi connectivity index (χ2n) is 8.94. The van der Waals surface area contributed by atoms with E-state index in [1.807, 2.05) is 30.3 Å². The summed E-state index contributed by atoms with van der Waals surface area (Å²) in [6.45, 7) is 0.397. The van der Waals surface area contributed by atoms with Crippen molar-refractivity contribution in [1.29, 1.82) is 0 Å². The van der Waals surface area contributed by atoms with Crippen LogP contribution in [0.2, 0.25) is 0 Å². The first kappa shape index (κ1) is 17.1. The number of carbonyl (C=O) groups is 1. The van der Waals surface area contributed by atoms with Crippen LogP contribution in [0.25, 0.3) is 11.0 Å². The minimum absolute atomic E-state index is 0.0285. The Kier molecular flexibility index (Phi) is 4.15. The number of ether oxygens (including phenoxy) is 1. The molecule has 1 atom stereocenters. The fraction of sp³-hybridized carbons (Fsp3) is 0.591. The number of methoxy groups -OCH3 is 1. The normalized spacial score (nSPS) is 32.6. The van der Waals surface area contributed by atoms with E-state index in [1.54, 1.807) is 7.11 Å². The zero-order chi connectivity index (χ0) is 18.4. The number of hydrogen-bond acceptors (Lipinski definition) is 3. The van der Waals surface area contributed by atoms with Crippen molar-refractivity contribution in [3.63, 3.8) is 0 Å². The van der Waals surface area contributed by atoms with Crippen molar-refractivity contribution in [3.8, 4) is 0 Å². The fourth-order valence-corrected chi connectivity index (χ4v) is 6.20. The molecule has 4 aliphatic rings. The van der Waals surface area contributed by atoms with E-state index in [4.69, 9.17) is 9.15 Å². The molecular formula is C22H28N2O3. The van der Waals surface area contributed by atoms with Crippen LogP contribution >= 0.6 is 0 Å². The molecule has 144 valence electrons. The van der Waals surface area contributed by atoms with Crippen LogP contribution < -0.4 is 10.6 Å². The Bertz CT molecular complexity index is 775. The van der Waals surface area contributed by atoms with E-state index >= 15 is 0 Å². The van der Waals surface area contributed by atoms with Gasteiger partial charge in [-0.25, -0.2) is 4.79 Å². The van der Waals surface area contributed by atoms with Gasteiger partial charge in [0.1, 0.15) is 17.4 Å². The highest BCUT2D eigenvalue weighted by Gasteiger charge is 2.51. The van der Waals surface area contributed by atoms with Gasteiger partial charge in [-0.3, -0.25) is 0 Å². The average molecular weight is 368 g/mol. The highest BCUT2D eigenvalue weighted by molar-refractivity contribution is 5.78. The maximum atomic E-state index is 12.6. The van der Waals surface area contributed by atoms with Crippen molar-refractivity contribution in [2.75, 3.05) is 13.7 Å². The molecule has 2 N–H and O–H groups in total. The lowest BCUT2D eigenvalue weighted by Crippen LogP contribution is -2.61. The summed E-state index contributed by atoms with van der Waals surface area (Å²) in [5.74, 6) is 3.20. The molecule has 0 unspecified atom stereocenters. The molecule has 1 aromatic heterocycles. The molecule has 5 nitrogen and oxygen atoms in total. The Hall–Kier alpha value is -2.01. The SMILES string of the molecule is CO[C@@H](CNC(=O)NC12CC3CC(CC(C3)C1)C2)c1cc2ccccc2o1. The number of rotatable bonds is 5. The predicted octanol–water partition coefficient (Wildman–Crippen LogP) is 4.39. The summed E-state index contributed by atoms with van der Waals surface area (Å²) in [6, 6.07) is 9.81. The third-order valence-corrected chi connectivity index (χ3v) is 6.91. The summed E-state index contributed by atoms with van der Waals surface area (Å²) in [4.78, 5) is 12.6. The van der Waals surface area contributed by atoms with E-state index in [-0.39, 0.29) is 17.7 Å². The molecule has 2 aromatic rings. The summed E-state index contributed by atoms with van der Waals surface area (Å²) in [6.07, 6.45) is 7.30. The third-order valence-electron chi connectivity index (χ3n) is 6.91. The average Bonchev–Trinajstić information content (AvgIpc) is 3.04. The smallest absolute Gasteiger partial charge is 0.315 e.